The number of aromatic nitrogens is 2. The van der Waals surface area contributed by atoms with Crippen LogP contribution in [0.1, 0.15) is 36.1 Å². The van der Waals surface area contributed by atoms with Crippen LogP contribution in [0.2, 0.25) is 0 Å². The zero-order valence-electron chi connectivity index (χ0n) is 16.6. The van der Waals surface area contributed by atoms with Gasteiger partial charge in [-0.05, 0) is 42.3 Å². The standard InChI is InChI=1S/C21H22FN3O4/c1-12(2)18(23-20(26)14-6-5-7-15(22)10-14)21-24-19(25-29-21)13-8-9-16(27-3)17(11-13)28-4/h5-12,18H,1-4H3,(H,23,26)/t18-/m0/s1. The highest BCUT2D eigenvalue weighted by atomic mass is 19.1. The molecule has 0 aliphatic carbocycles. The summed E-state index contributed by atoms with van der Waals surface area (Å²) in [5, 5.41) is 6.86. The third-order valence-corrected chi connectivity index (χ3v) is 4.39. The largest absolute Gasteiger partial charge is 0.493 e. The Hall–Kier alpha value is -3.42. The molecule has 0 unspecified atom stereocenters. The molecule has 7 nitrogen and oxygen atoms in total. The first-order chi connectivity index (χ1) is 13.9. The molecular weight excluding hydrogens is 377 g/mol. The van der Waals surface area contributed by atoms with Gasteiger partial charge in [0.25, 0.3) is 5.91 Å². The number of nitrogens with zero attached hydrogens (tertiary/aromatic N) is 2. The Labute approximate surface area is 167 Å². The van der Waals surface area contributed by atoms with Gasteiger partial charge >= 0.3 is 0 Å². The SMILES string of the molecule is COc1ccc(-c2noc([C@@H](NC(=O)c3cccc(F)c3)C(C)C)n2)cc1OC. The summed E-state index contributed by atoms with van der Waals surface area (Å²) in [6.45, 7) is 3.83. The Kier molecular flexibility index (Phi) is 6.11. The van der Waals surface area contributed by atoms with E-state index in [9.17, 15) is 9.18 Å². The molecule has 29 heavy (non-hydrogen) atoms. The summed E-state index contributed by atoms with van der Waals surface area (Å²) in [4.78, 5) is 17.0. The summed E-state index contributed by atoms with van der Waals surface area (Å²) in [6, 6.07) is 10.2. The molecule has 1 aromatic heterocycles. The smallest absolute Gasteiger partial charge is 0.252 e. The Balaban J connectivity index is 1.85. The number of nitrogens with one attached hydrogen (secondary N) is 1. The molecule has 0 aliphatic heterocycles. The van der Waals surface area contributed by atoms with Crippen molar-refractivity contribution in [3.63, 3.8) is 0 Å². The fraction of sp³-hybridized carbons (Fsp3) is 0.286. The zero-order valence-corrected chi connectivity index (χ0v) is 16.6. The molecule has 0 spiro atoms. The van der Waals surface area contributed by atoms with E-state index in [1.165, 1.54) is 18.2 Å². The van der Waals surface area contributed by atoms with Crippen LogP contribution in [0.15, 0.2) is 47.0 Å². The number of methoxy groups -OCH3 is 2. The number of hydrogen-bond acceptors (Lipinski definition) is 6. The lowest BCUT2D eigenvalue weighted by Gasteiger charge is -2.18. The predicted molar refractivity (Wildman–Crippen MR) is 104 cm³/mol. The summed E-state index contributed by atoms with van der Waals surface area (Å²) in [7, 11) is 3.10. The Morgan fingerprint density at radius 1 is 1.10 bits per heavy atom. The quantitative estimate of drug-likeness (QED) is 0.646. The van der Waals surface area contributed by atoms with Crippen molar-refractivity contribution in [2.75, 3.05) is 14.2 Å². The van der Waals surface area contributed by atoms with E-state index in [1.54, 1.807) is 38.5 Å². The minimum absolute atomic E-state index is 0.0359. The summed E-state index contributed by atoms with van der Waals surface area (Å²) in [6.07, 6.45) is 0. The number of hydrogen-bond donors (Lipinski definition) is 1. The van der Waals surface area contributed by atoms with Crippen molar-refractivity contribution in [3.8, 4) is 22.9 Å². The Morgan fingerprint density at radius 3 is 2.52 bits per heavy atom. The van der Waals surface area contributed by atoms with Gasteiger partial charge in [-0.2, -0.15) is 4.98 Å². The fourth-order valence-electron chi connectivity index (χ4n) is 2.82. The molecule has 1 N–H and O–H groups in total. The van der Waals surface area contributed by atoms with E-state index in [0.29, 0.717) is 22.9 Å². The van der Waals surface area contributed by atoms with Crippen molar-refractivity contribution in [1.82, 2.24) is 15.5 Å². The first-order valence-corrected chi connectivity index (χ1v) is 9.05. The minimum Gasteiger partial charge on any atom is -0.493 e. The van der Waals surface area contributed by atoms with Crippen molar-refractivity contribution in [3.05, 3.63) is 59.7 Å². The molecule has 1 amide bonds. The van der Waals surface area contributed by atoms with Crippen molar-refractivity contribution in [2.45, 2.75) is 19.9 Å². The van der Waals surface area contributed by atoms with Crippen LogP contribution in [0.3, 0.4) is 0 Å². The lowest BCUT2D eigenvalue weighted by molar-refractivity contribution is 0.0913. The van der Waals surface area contributed by atoms with Gasteiger partial charge in [-0.25, -0.2) is 4.39 Å². The van der Waals surface area contributed by atoms with Gasteiger partial charge in [-0.3, -0.25) is 4.79 Å². The second kappa shape index (κ2) is 8.72. The second-order valence-electron chi connectivity index (χ2n) is 6.73. The number of benzene rings is 2. The van der Waals surface area contributed by atoms with Gasteiger partial charge in [0.15, 0.2) is 11.5 Å². The molecule has 2 aromatic carbocycles. The Bertz CT molecular complexity index is 1000. The molecule has 0 bridgehead atoms. The lowest BCUT2D eigenvalue weighted by atomic mass is 10.0. The van der Waals surface area contributed by atoms with E-state index in [2.05, 4.69) is 15.5 Å². The normalized spacial score (nSPS) is 11.9. The van der Waals surface area contributed by atoms with Crippen molar-refractivity contribution >= 4 is 5.91 Å². The van der Waals surface area contributed by atoms with E-state index < -0.39 is 17.8 Å². The maximum Gasteiger partial charge on any atom is 0.252 e. The van der Waals surface area contributed by atoms with Gasteiger partial charge in [-0.15, -0.1) is 0 Å². The first kappa shape index (κ1) is 20.3. The molecule has 8 heteroatoms. The number of carbonyl (C=O) groups is 1. The molecular formula is C21H22FN3O4. The lowest BCUT2D eigenvalue weighted by Crippen LogP contribution is -2.32. The molecule has 3 aromatic rings. The third kappa shape index (κ3) is 4.53. The number of carbonyl (C=O) groups excluding carboxylic acids is 1. The minimum atomic E-state index is -0.535. The van der Waals surface area contributed by atoms with Gasteiger partial charge in [0.05, 0.1) is 14.2 Å². The summed E-state index contributed by atoms with van der Waals surface area (Å²) < 4.78 is 29.4. The molecule has 1 heterocycles. The molecule has 0 fully saturated rings. The van der Waals surface area contributed by atoms with Crippen LogP contribution in [0.4, 0.5) is 4.39 Å². The molecule has 0 saturated carbocycles. The van der Waals surface area contributed by atoms with E-state index in [4.69, 9.17) is 14.0 Å². The average molecular weight is 399 g/mol. The molecule has 0 radical (unpaired) electrons. The van der Waals surface area contributed by atoms with Crippen LogP contribution in [0.25, 0.3) is 11.4 Å². The van der Waals surface area contributed by atoms with Gasteiger partial charge in [0.1, 0.15) is 11.9 Å². The maximum atomic E-state index is 13.4. The van der Waals surface area contributed by atoms with Gasteiger partial charge in [0, 0.05) is 11.1 Å². The van der Waals surface area contributed by atoms with E-state index in [0.717, 1.165) is 0 Å². The second-order valence-corrected chi connectivity index (χ2v) is 6.73. The number of halogens is 1. The monoisotopic (exact) mass is 399 g/mol. The molecule has 1 atom stereocenters. The topological polar surface area (TPSA) is 86.5 Å². The van der Waals surface area contributed by atoms with Crippen LogP contribution in [0, 0.1) is 11.7 Å². The van der Waals surface area contributed by atoms with E-state index in [-0.39, 0.29) is 17.4 Å². The molecule has 152 valence electrons. The van der Waals surface area contributed by atoms with Crippen LogP contribution in [-0.2, 0) is 0 Å². The van der Waals surface area contributed by atoms with Crippen LogP contribution in [0.5, 0.6) is 11.5 Å². The average Bonchev–Trinajstić information content (AvgIpc) is 3.20. The fourth-order valence-corrected chi connectivity index (χ4v) is 2.82. The maximum absolute atomic E-state index is 13.4. The molecule has 0 aliphatic rings. The molecule has 0 saturated heterocycles. The van der Waals surface area contributed by atoms with Gasteiger partial charge in [0.2, 0.25) is 11.7 Å². The number of rotatable bonds is 7. The van der Waals surface area contributed by atoms with Crippen LogP contribution >= 0.6 is 0 Å². The highest BCUT2D eigenvalue weighted by molar-refractivity contribution is 5.94. The van der Waals surface area contributed by atoms with Crippen LogP contribution in [-0.4, -0.2) is 30.3 Å². The van der Waals surface area contributed by atoms with Gasteiger partial charge < -0.3 is 19.3 Å². The zero-order chi connectivity index (χ0) is 21.0. The molecule has 3 rings (SSSR count). The van der Waals surface area contributed by atoms with Crippen molar-refractivity contribution < 1.29 is 23.2 Å². The highest BCUT2D eigenvalue weighted by Crippen LogP contribution is 2.32. The number of amides is 1. The summed E-state index contributed by atoms with van der Waals surface area (Å²) >= 11 is 0. The van der Waals surface area contributed by atoms with Gasteiger partial charge in [-0.1, -0.05) is 25.1 Å². The van der Waals surface area contributed by atoms with E-state index >= 15 is 0 Å². The highest BCUT2D eigenvalue weighted by Gasteiger charge is 2.25. The number of ether oxygens (including phenoxy) is 2. The van der Waals surface area contributed by atoms with Crippen LogP contribution < -0.4 is 14.8 Å². The van der Waals surface area contributed by atoms with Crippen molar-refractivity contribution in [2.24, 2.45) is 5.92 Å². The van der Waals surface area contributed by atoms with Crippen molar-refractivity contribution in [1.29, 1.82) is 0 Å². The van der Waals surface area contributed by atoms with E-state index in [1.807, 2.05) is 13.8 Å². The summed E-state index contributed by atoms with van der Waals surface area (Å²) in [5.41, 5.74) is 0.895. The summed E-state index contributed by atoms with van der Waals surface area (Å²) in [5.74, 6) is 0.798. The first-order valence-electron chi connectivity index (χ1n) is 9.05. The third-order valence-electron chi connectivity index (χ3n) is 4.39. The predicted octanol–water partition coefficient (Wildman–Crippen LogP) is 4.02. The Morgan fingerprint density at radius 2 is 1.86 bits per heavy atom.